The van der Waals surface area contributed by atoms with Crippen LogP contribution in [0.3, 0.4) is 0 Å². The van der Waals surface area contributed by atoms with Gasteiger partial charge in [0, 0.05) is 12.8 Å². The van der Waals surface area contributed by atoms with Crippen molar-refractivity contribution in [3.63, 3.8) is 0 Å². The number of hydrogen-bond donors (Lipinski definition) is 1. The maximum atomic E-state index is 5.62. The number of methoxy groups -OCH3 is 1. The first-order valence-electron chi connectivity index (χ1n) is 4.97. The van der Waals surface area contributed by atoms with Crippen LogP contribution in [0.25, 0.3) is 0 Å². The number of rotatable bonds is 5. The fourth-order valence-electron chi connectivity index (χ4n) is 1.27. The average molecular weight is 240 g/mol. The van der Waals surface area contributed by atoms with E-state index in [2.05, 4.69) is 4.98 Å². The van der Waals surface area contributed by atoms with Gasteiger partial charge in [0.15, 0.2) is 0 Å². The van der Waals surface area contributed by atoms with Gasteiger partial charge in [0.2, 0.25) is 5.88 Å². The molecule has 0 aliphatic carbocycles. The minimum absolute atomic E-state index is 0.0904. The molecule has 1 unspecified atom stereocenters. The van der Waals surface area contributed by atoms with Crippen molar-refractivity contribution in [1.29, 1.82) is 0 Å². The maximum Gasteiger partial charge on any atom is 0.224 e. The summed E-state index contributed by atoms with van der Waals surface area (Å²) in [4.78, 5) is 4.56. The maximum absolute atomic E-state index is 5.62. The van der Waals surface area contributed by atoms with Gasteiger partial charge in [-0.2, -0.15) is 0 Å². The van der Waals surface area contributed by atoms with Crippen LogP contribution in [0.15, 0.2) is 12.1 Å². The molecule has 0 aliphatic heterocycles. The zero-order chi connectivity index (χ0) is 12.1. The van der Waals surface area contributed by atoms with Crippen molar-refractivity contribution in [2.45, 2.75) is 20.0 Å². The van der Waals surface area contributed by atoms with Crippen molar-refractivity contribution in [3.05, 3.63) is 23.4 Å². The molecular weight excluding hydrogens is 224 g/mol. The molecule has 0 fully saturated rings. The lowest BCUT2D eigenvalue weighted by Crippen LogP contribution is -2.21. The molecule has 0 bridgehead atoms. The molecule has 16 heavy (non-hydrogen) atoms. The van der Waals surface area contributed by atoms with E-state index in [-0.39, 0.29) is 11.1 Å². The van der Waals surface area contributed by atoms with Crippen molar-refractivity contribution < 1.29 is 9.47 Å². The summed E-state index contributed by atoms with van der Waals surface area (Å²) in [7, 11) is 1.62. The third-order valence-corrected chi connectivity index (χ3v) is 2.20. The molecule has 1 heterocycles. The summed E-state index contributed by atoms with van der Waals surface area (Å²) in [6.07, 6.45) is -0.0904. The van der Waals surface area contributed by atoms with Gasteiger partial charge in [-0.25, -0.2) is 4.98 Å². The van der Waals surface area contributed by atoms with E-state index in [1.165, 1.54) is 0 Å². The van der Waals surface area contributed by atoms with Gasteiger partial charge < -0.3 is 15.2 Å². The summed E-state index contributed by atoms with van der Waals surface area (Å²) in [5, 5.41) is 0. The average Bonchev–Trinajstić information content (AvgIpc) is 2.17. The first kappa shape index (κ1) is 12.9. The largest absolute Gasteiger partial charge is 0.472 e. The molecule has 0 amide bonds. The molecule has 0 spiro atoms. The highest BCUT2D eigenvalue weighted by atomic mass is 32.1. The number of thiocarbonyl (C=S) groups is 1. The molecule has 1 rings (SSSR count). The van der Waals surface area contributed by atoms with Crippen molar-refractivity contribution in [1.82, 2.24) is 4.98 Å². The highest BCUT2D eigenvalue weighted by molar-refractivity contribution is 7.80. The zero-order valence-corrected chi connectivity index (χ0v) is 10.5. The van der Waals surface area contributed by atoms with E-state index in [0.717, 1.165) is 5.69 Å². The van der Waals surface area contributed by atoms with Gasteiger partial charge in [-0.1, -0.05) is 12.2 Å². The van der Waals surface area contributed by atoms with Crippen LogP contribution in [0.4, 0.5) is 0 Å². The second kappa shape index (κ2) is 5.77. The second-order valence-electron chi connectivity index (χ2n) is 3.55. The molecule has 0 saturated carbocycles. The molecule has 1 aromatic rings. The van der Waals surface area contributed by atoms with E-state index >= 15 is 0 Å². The Bertz CT molecular complexity index is 382. The fourth-order valence-corrected chi connectivity index (χ4v) is 1.42. The molecule has 0 aromatic carbocycles. The Kier molecular flexibility index (Phi) is 4.64. The molecule has 0 radical (unpaired) electrons. The predicted octanol–water partition coefficient (Wildman–Crippen LogP) is 1.44. The predicted molar refractivity (Wildman–Crippen MR) is 66.8 cm³/mol. The second-order valence-corrected chi connectivity index (χ2v) is 3.99. The lowest BCUT2D eigenvalue weighted by molar-refractivity contribution is 0.0887. The van der Waals surface area contributed by atoms with Gasteiger partial charge in [0.1, 0.15) is 11.1 Å². The van der Waals surface area contributed by atoms with Crippen LogP contribution in [0.1, 0.15) is 18.2 Å². The Morgan fingerprint density at radius 1 is 1.56 bits per heavy atom. The Balaban J connectivity index is 2.92. The fraction of sp³-hybridized carbons (Fsp3) is 0.455. The minimum atomic E-state index is -0.0904. The Morgan fingerprint density at radius 2 is 2.25 bits per heavy atom. The van der Waals surface area contributed by atoms with Crippen molar-refractivity contribution in [2.75, 3.05) is 13.7 Å². The van der Waals surface area contributed by atoms with Crippen molar-refractivity contribution in [2.24, 2.45) is 5.73 Å². The quantitative estimate of drug-likeness (QED) is 0.789. The van der Waals surface area contributed by atoms with Crippen LogP contribution < -0.4 is 10.5 Å². The van der Waals surface area contributed by atoms with E-state index in [4.69, 9.17) is 27.4 Å². The molecule has 4 nitrogen and oxygen atoms in total. The number of nitrogens with zero attached hydrogens (tertiary/aromatic N) is 1. The third kappa shape index (κ3) is 3.43. The van der Waals surface area contributed by atoms with Crippen LogP contribution in [0.2, 0.25) is 0 Å². The number of aromatic nitrogens is 1. The van der Waals surface area contributed by atoms with Gasteiger partial charge in [-0.05, 0) is 26.0 Å². The highest BCUT2D eigenvalue weighted by Crippen LogP contribution is 2.17. The first-order valence-corrected chi connectivity index (χ1v) is 5.38. The molecule has 1 atom stereocenters. The van der Waals surface area contributed by atoms with Crippen LogP contribution in [0.5, 0.6) is 5.88 Å². The van der Waals surface area contributed by atoms with Gasteiger partial charge in [0.25, 0.3) is 0 Å². The smallest absolute Gasteiger partial charge is 0.224 e. The van der Waals surface area contributed by atoms with Gasteiger partial charge in [0.05, 0.1) is 12.2 Å². The third-order valence-electron chi connectivity index (χ3n) is 1.98. The number of hydrogen-bond acceptors (Lipinski definition) is 4. The SMILES string of the molecule is COCC(C)Oc1nc(C)ccc1C(N)=S. The zero-order valence-electron chi connectivity index (χ0n) is 9.69. The first-order chi connectivity index (χ1) is 7.54. The summed E-state index contributed by atoms with van der Waals surface area (Å²) in [5.41, 5.74) is 7.11. The summed E-state index contributed by atoms with van der Waals surface area (Å²) in [6, 6.07) is 3.67. The summed E-state index contributed by atoms with van der Waals surface area (Å²) in [5.74, 6) is 0.469. The van der Waals surface area contributed by atoms with Crippen LogP contribution in [-0.4, -0.2) is 29.8 Å². The number of pyridine rings is 1. The summed E-state index contributed by atoms with van der Waals surface area (Å²) >= 11 is 4.94. The molecule has 2 N–H and O–H groups in total. The molecule has 5 heteroatoms. The number of nitrogens with two attached hydrogens (primary N) is 1. The lowest BCUT2D eigenvalue weighted by Gasteiger charge is -2.15. The van der Waals surface area contributed by atoms with E-state index in [1.54, 1.807) is 7.11 Å². The van der Waals surface area contributed by atoms with Crippen molar-refractivity contribution >= 4 is 17.2 Å². The van der Waals surface area contributed by atoms with Gasteiger partial charge in [-0.3, -0.25) is 0 Å². The summed E-state index contributed by atoms with van der Waals surface area (Å²) < 4.78 is 10.6. The van der Waals surface area contributed by atoms with Gasteiger partial charge >= 0.3 is 0 Å². The van der Waals surface area contributed by atoms with Crippen LogP contribution >= 0.6 is 12.2 Å². The molecule has 1 aromatic heterocycles. The number of aryl methyl sites for hydroxylation is 1. The normalized spacial score (nSPS) is 12.2. The van der Waals surface area contributed by atoms with Gasteiger partial charge in [-0.15, -0.1) is 0 Å². The topological polar surface area (TPSA) is 57.4 Å². The van der Waals surface area contributed by atoms with Crippen LogP contribution in [-0.2, 0) is 4.74 Å². The summed E-state index contributed by atoms with van der Waals surface area (Å²) in [6.45, 7) is 4.28. The van der Waals surface area contributed by atoms with E-state index < -0.39 is 0 Å². The lowest BCUT2D eigenvalue weighted by atomic mass is 10.2. The van der Waals surface area contributed by atoms with E-state index in [0.29, 0.717) is 18.1 Å². The Hall–Kier alpha value is -1.20. The Morgan fingerprint density at radius 3 is 2.81 bits per heavy atom. The van der Waals surface area contributed by atoms with Crippen LogP contribution in [0, 0.1) is 6.92 Å². The molecule has 0 aliphatic rings. The monoisotopic (exact) mass is 240 g/mol. The molecular formula is C11H16N2O2S. The molecule has 0 saturated heterocycles. The Labute approximate surface area is 101 Å². The minimum Gasteiger partial charge on any atom is -0.472 e. The van der Waals surface area contributed by atoms with Crippen molar-refractivity contribution in [3.8, 4) is 5.88 Å². The number of ether oxygens (including phenoxy) is 2. The highest BCUT2D eigenvalue weighted by Gasteiger charge is 2.12. The standard InChI is InChI=1S/C11H16N2O2S/c1-7-4-5-9(10(12)16)11(13-7)15-8(2)6-14-3/h4-5,8H,6H2,1-3H3,(H2,12,16). The molecule has 88 valence electrons. The van der Waals surface area contributed by atoms with E-state index in [1.807, 2.05) is 26.0 Å². The van der Waals surface area contributed by atoms with E-state index in [9.17, 15) is 0 Å².